The van der Waals surface area contributed by atoms with Crippen LogP contribution in [-0.4, -0.2) is 13.6 Å². The van der Waals surface area contributed by atoms with E-state index in [1.54, 1.807) is 6.07 Å². The van der Waals surface area contributed by atoms with Crippen molar-refractivity contribution >= 4 is 21.4 Å². The highest BCUT2D eigenvalue weighted by atomic mass is 32.2. The lowest BCUT2D eigenvalue weighted by Gasteiger charge is -2.16. The zero-order valence-corrected chi connectivity index (χ0v) is 12.9. The molecule has 114 valence electrons. The molecule has 1 aromatic carbocycles. The normalized spacial score (nSPS) is 13.1. The standard InChI is InChI=1S/C13H18N4O3S/c1-7(13-8(2)17-20-9(13)3)16-11-4-10(14)5-12(6-11)21(15,18)19/h4-7,16H,14H2,1-3H3,(H2,15,18,19). The van der Waals surface area contributed by atoms with E-state index >= 15 is 0 Å². The first-order valence-corrected chi connectivity index (χ1v) is 7.86. The predicted molar refractivity (Wildman–Crippen MR) is 80.2 cm³/mol. The molecule has 2 aromatic rings. The van der Waals surface area contributed by atoms with E-state index in [-0.39, 0.29) is 10.9 Å². The van der Waals surface area contributed by atoms with Crippen LogP contribution in [0.3, 0.4) is 0 Å². The van der Waals surface area contributed by atoms with Gasteiger partial charge >= 0.3 is 0 Å². The number of nitrogens with one attached hydrogen (secondary N) is 1. The Bertz CT molecular complexity index is 748. The summed E-state index contributed by atoms with van der Waals surface area (Å²) in [6.07, 6.45) is 0. The summed E-state index contributed by atoms with van der Waals surface area (Å²) < 4.78 is 28.0. The number of aryl methyl sites for hydroxylation is 2. The van der Waals surface area contributed by atoms with Crippen LogP contribution in [0.25, 0.3) is 0 Å². The number of primary sulfonamides is 1. The van der Waals surface area contributed by atoms with Crippen molar-refractivity contribution in [2.24, 2.45) is 5.14 Å². The zero-order valence-electron chi connectivity index (χ0n) is 12.0. The van der Waals surface area contributed by atoms with Gasteiger partial charge in [0.15, 0.2) is 0 Å². The average Bonchev–Trinajstić information content (AvgIpc) is 2.67. The minimum Gasteiger partial charge on any atom is -0.399 e. The molecule has 1 unspecified atom stereocenters. The van der Waals surface area contributed by atoms with Gasteiger partial charge in [0.05, 0.1) is 16.6 Å². The van der Waals surface area contributed by atoms with Gasteiger partial charge in [0.25, 0.3) is 0 Å². The summed E-state index contributed by atoms with van der Waals surface area (Å²) in [4.78, 5) is -0.0315. The van der Waals surface area contributed by atoms with Crippen LogP contribution < -0.4 is 16.2 Å². The van der Waals surface area contributed by atoms with E-state index < -0.39 is 10.0 Å². The van der Waals surface area contributed by atoms with E-state index in [0.29, 0.717) is 17.1 Å². The highest BCUT2D eigenvalue weighted by molar-refractivity contribution is 7.89. The molecule has 0 radical (unpaired) electrons. The molecule has 0 aliphatic rings. The number of benzene rings is 1. The molecule has 8 heteroatoms. The molecule has 0 aliphatic carbocycles. The molecule has 0 saturated carbocycles. The minimum atomic E-state index is -3.80. The van der Waals surface area contributed by atoms with Crippen LogP contribution in [0.4, 0.5) is 11.4 Å². The van der Waals surface area contributed by atoms with Crippen molar-refractivity contribution in [1.29, 1.82) is 0 Å². The molecule has 2 rings (SSSR count). The Morgan fingerprint density at radius 1 is 1.29 bits per heavy atom. The first kappa shape index (κ1) is 15.3. The first-order valence-electron chi connectivity index (χ1n) is 6.31. The van der Waals surface area contributed by atoms with E-state index in [9.17, 15) is 8.42 Å². The van der Waals surface area contributed by atoms with E-state index in [4.69, 9.17) is 15.4 Å². The number of aromatic nitrogens is 1. The van der Waals surface area contributed by atoms with E-state index in [1.807, 2.05) is 20.8 Å². The number of anilines is 2. The SMILES string of the molecule is Cc1noc(C)c1C(C)Nc1cc(N)cc(S(N)(=O)=O)c1. The van der Waals surface area contributed by atoms with Gasteiger partial charge in [-0.15, -0.1) is 0 Å². The fourth-order valence-electron chi connectivity index (χ4n) is 2.30. The summed E-state index contributed by atoms with van der Waals surface area (Å²) >= 11 is 0. The van der Waals surface area contributed by atoms with Crippen molar-refractivity contribution in [2.75, 3.05) is 11.1 Å². The molecule has 1 heterocycles. The number of rotatable bonds is 4. The Balaban J connectivity index is 2.34. The Kier molecular flexibility index (Phi) is 3.93. The van der Waals surface area contributed by atoms with Gasteiger partial charge in [0.2, 0.25) is 10.0 Å². The predicted octanol–water partition coefficient (Wildman–Crippen LogP) is 1.69. The average molecular weight is 310 g/mol. The van der Waals surface area contributed by atoms with Gasteiger partial charge in [-0.2, -0.15) is 0 Å². The Labute approximate surface area is 123 Å². The van der Waals surface area contributed by atoms with E-state index in [0.717, 1.165) is 11.3 Å². The van der Waals surface area contributed by atoms with Gasteiger partial charge in [0.1, 0.15) is 5.76 Å². The number of nitrogen functional groups attached to an aromatic ring is 1. The molecule has 0 aliphatic heterocycles. The highest BCUT2D eigenvalue weighted by Gasteiger charge is 2.17. The van der Waals surface area contributed by atoms with Crippen molar-refractivity contribution in [2.45, 2.75) is 31.7 Å². The minimum absolute atomic E-state index is 0.0315. The summed E-state index contributed by atoms with van der Waals surface area (Å²) in [5, 5.41) is 12.2. The van der Waals surface area contributed by atoms with Crippen LogP contribution in [0.5, 0.6) is 0 Å². The van der Waals surface area contributed by atoms with E-state index in [2.05, 4.69) is 10.5 Å². The number of nitrogens with zero attached hydrogens (tertiary/aromatic N) is 1. The molecule has 0 amide bonds. The molecule has 21 heavy (non-hydrogen) atoms. The van der Waals surface area contributed by atoms with Gasteiger partial charge in [-0.1, -0.05) is 5.16 Å². The lowest BCUT2D eigenvalue weighted by atomic mass is 10.1. The number of sulfonamides is 1. The highest BCUT2D eigenvalue weighted by Crippen LogP contribution is 2.27. The van der Waals surface area contributed by atoms with Crippen LogP contribution in [-0.2, 0) is 10.0 Å². The molecule has 5 N–H and O–H groups in total. The van der Waals surface area contributed by atoms with Gasteiger partial charge in [-0.3, -0.25) is 0 Å². The van der Waals surface area contributed by atoms with Crippen molar-refractivity contribution in [1.82, 2.24) is 5.16 Å². The van der Waals surface area contributed by atoms with Crippen molar-refractivity contribution < 1.29 is 12.9 Å². The maximum Gasteiger partial charge on any atom is 0.238 e. The largest absolute Gasteiger partial charge is 0.399 e. The summed E-state index contributed by atoms with van der Waals surface area (Å²) in [6.45, 7) is 5.59. The molecular formula is C13H18N4O3S. The smallest absolute Gasteiger partial charge is 0.238 e. The van der Waals surface area contributed by atoms with Crippen molar-refractivity contribution in [3.8, 4) is 0 Å². The first-order chi connectivity index (χ1) is 9.68. The molecule has 7 nitrogen and oxygen atoms in total. The van der Waals surface area contributed by atoms with Crippen LogP contribution in [0.2, 0.25) is 0 Å². The Morgan fingerprint density at radius 3 is 2.48 bits per heavy atom. The fraction of sp³-hybridized carbons (Fsp3) is 0.308. The maximum absolute atomic E-state index is 11.4. The zero-order chi connectivity index (χ0) is 15.8. The third kappa shape index (κ3) is 3.34. The Hall–Kier alpha value is -2.06. The van der Waals surface area contributed by atoms with Crippen molar-refractivity contribution in [3.63, 3.8) is 0 Å². The quantitative estimate of drug-likeness (QED) is 0.738. The molecular weight excluding hydrogens is 292 g/mol. The number of nitrogens with two attached hydrogens (primary N) is 2. The Morgan fingerprint density at radius 2 is 1.95 bits per heavy atom. The van der Waals surface area contributed by atoms with Gasteiger partial charge < -0.3 is 15.6 Å². The molecule has 0 saturated heterocycles. The molecule has 0 bridgehead atoms. The van der Waals surface area contributed by atoms with Crippen LogP contribution in [0.15, 0.2) is 27.6 Å². The second-order valence-electron chi connectivity index (χ2n) is 4.94. The lowest BCUT2D eigenvalue weighted by molar-refractivity contribution is 0.392. The van der Waals surface area contributed by atoms with Crippen LogP contribution >= 0.6 is 0 Å². The summed E-state index contributed by atoms with van der Waals surface area (Å²) in [7, 11) is -3.80. The third-order valence-corrected chi connectivity index (χ3v) is 4.05. The second kappa shape index (κ2) is 5.38. The van der Waals surface area contributed by atoms with Gasteiger partial charge in [-0.25, -0.2) is 13.6 Å². The molecule has 0 spiro atoms. The van der Waals surface area contributed by atoms with Gasteiger partial charge in [0, 0.05) is 16.9 Å². The van der Waals surface area contributed by atoms with Gasteiger partial charge in [-0.05, 0) is 39.0 Å². The number of hydrogen-bond donors (Lipinski definition) is 3. The summed E-state index contributed by atoms with van der Waals surface area (Å²) in [5.74, 6) is 0.711. The summed E-state index contributed by atoms with van der Waals surface area (Å²) in [5.41, 5.74) is 8.30. The summed E-state index contributed by atoms with van der Waals surface area (Å²) in [6, 6.07) is 4.29. The lowest BCUT2D eigenvalue weighted by Crippen LogP contribution is -2.14. The van der Waals surface area contributed by atoms with Crippen molar-refractivity contribution in [3.05, 3.63) is 35.2 Å². The topological polar surface area (TPSA) is 124 Å². The fourth-order valence-corrected chi connectivity index (χ4v) is 2.89. The molecule has 1 atom stereocenters. The second-order valence-corrected chi connectivity index (χ2v) is 6.50. The van der Waals surface area contributed by atoms with Crippen LogP contribution in [0, 0.1) is 13.8 Å². The third-order valence-electron chi connectivity index (χ3n) is 3.16. The molecule has 0 fully saturated rings. The number of hydrogen-bond acceptors (Lipinski definition) is 6. The molecule has 1 aromatic heterocycles. The van der Waals surface area contributed by atoms with E-state index in [1.165, 1.54) is 12.1 Å². The monoisotopic (exact) mass is 310 g/mol. The van der Waals surface area contributed by atoms with Crippen LogP contribution in [0.1, 0.15) is 30.0 Å². The maximum atomic E-state index is 11.4.